The molecule has 4 heteroatoms. The number of nitrogens with one attached hydrogen (secondary N) is 1. The molecule has 98 valence electrons. The van der Waals surface area contributed by atoms with Crippen molar-refractivity contribution in [3.8, 4) is 0 Å². The normalized spacial score (nSPS) is 11.3. The van der Waals surface area contributed by atoms with E-state index < -0.39 is 0 Å². The van der Waals surface area contributed by atoms with Gasteiger partial charge >= 0.3 is 0 Å². The lowest BCUT2D eigenvalue weighted by Gasteiger charge is -2.06. The highest BCUT2D eigenvalue weighted by Gasteiger charge is 2.10. The highest BCUT2D eigenvalue weighted by atomic mass is 16.3. The predicted octanol–water partition coefficient (Wildman–Crippen LogP) is 2.47. The number of furan rings is 1. The topological polar surface area (TPSA) is 43.0 Å². The smallest absolute Gasteiger partial charge is 0.105 e. The first-order valence-corrected chi connectivity index (χ1v) is 6.42. The Hall–Kier alpha value is -1.55. The van der Waals surface area contributed by atoms with E-state index in [-0.39, 0.29) is 0 Å². The summed E-state index contributed by atoms with van der Waals surface area (Å²) in [5.74, 6) is 1.49. The van der Waals surface area contributed by atoms with Crippen LogP contribution in [-0.4, -0.2) is 16.3 Å². The van der Waals surface area contributed by atoms with Crippen LogP contribution < -0.4 is 5.32 Å². The Bertz CT molecular complexity index is 471. The van der Waals surface area contributed by atoms with Gasteiger partial charge in [-0.2, -0.15) is 5.10 Å². The third-order valence-corrected chi connectivity index (χ3v) is 2.93. The fourth-order valence-corrected chi connectivity index (χ4v) is 2.07. The summed E-state index contributed by atoms with van der Waals surface area (Å²) >= 11 is 0. The zero-order chi connectivity index (χ0) is 13.0. The Labute approximate surface area is 108 Å². The molecule has 0 aliphatic rings. The molecule has 0 aliphatic heterocycles. The summed E-state index contributed by atoms with van der Waals surface area (Å²) in [5.41, 5.74) is 2.47. The maximum atomic E-state index is 5.30. The molecule has 2 aromatic heterocycles. The van der Waals surface area contributed by atoms with Crippen molar-refractivity contribution in [2.24, 2.45) is 7.05 Å². The minimum absolute atomic E-state index is 0.466. The van der Waals surface area contributed by atoms with Crippen LogP contribution in [0.15, 0.2) is 29.0 Å². The van der Waals surface area contributed by atoms with Crippen LogP contribution in [-0.2, 0) is 20.0 Å². The molecule has 0 spiro atoms. The van der Waals surface area contributed by atoms with Crippen molar-refractivity contribution in [2.45, 2.75) is 32.7 Å². The number of aromatic nitrogens is 2. The second-order valence-corrected chi connectivity index (χ2v) is 4.87. The molecule has 0 bridgehead atoms. The molecule has 1 N–H and O–H groups in total. The fraction of sp³-hybridized carbons (Fsp3) is 0.500. The van der Waals surface area contributed by atoms with Gasteiger partial charge in [-0.05, 0) is 18.1 Å². The first-order valence-electron chi connectivity index (χ1n) is 6.42. The molecule has 0 unspecified atom stereocenters. The van der Waals surface area contributed by atoms with E-state index >= 15 is 0 Å². The van der Waals surface area contributed by atoms with Crippen LogP contribution in [0.5, 0.6) is 0 Å². The molecular formula is C14H21N3O. The summed E-state index contributed by atoms with van der Waals surface area (Å²) in [6.45, 7) is 6.13. The van der Waals surface area contributed by atoms with Gasteiger partial charge in [0.2, 0.25) is 0 Å². The predicted molar refractivity (Wildman–Crippen MR) is 71.4 cm³/mol. The Balaban J connectivity index is 1.83. The van der Waals surface area contributed by atoms with Crippen molar-refractivity contribution in [1.82, 2.24) is 15.1 Å². The molecular weight excluding hydrogens is 226 g/mol. The van der Waals surface area contributed by atoms with E-state index in [0.717, 1.165) is 25.3 Å². The van der Waals surface area contributed by atoms with Gasteiger partial charge < -0.3 is 9.73 Å². The van der Waals surface area contributed by atoms with E-state index in [4.69, 9.17) is 4.42 Å². The molecule has 2 heterocycles. The van der Waals surface area contributed by atoms with Crippen molar-refractivity contribution in [3.05, 3.63) is 41.6 Å². The standard InChI is InChI=1S/C14H21N3O/c1-11(2)14-12(10-17(3)16-14)9-15-7-6-13-5-4-8-18-13/h4-5,8,10-11,15H,6-7,9H2,1-3H3. The summed E-state index contributed by atoms with van der Waals surface area (Å²) in [7, 11) is 1.97. The summed E-state index contributed by atoms with van der Waals surface area (Å²) < 4.78 is 7.18. The number of hydrogen-bond donors (Lipinski definition) is 1. The van der Waals surface area contributed by atoms with Gasteiger partial charge in [-0.1, -0.05) is 13.8 Å². The number of rotatable bonds is 6. The zero-order valence-electron chi connectivity index (χ0n) is 11.3. The molecule has 18 heavy (non-hydrogen) atoms. The molecule has 0 radical (unpaired) electrons. The minimum atomic E-state index is 0.466. The molecule has 0 saturated heterocycles. The Morgan fingerprint density at radius 3 is 2.94 bits per heavy atom. The lowest BCUT2D eigenvalue weighted by atomic mass is 10.1. The Kier molecular flexibility index (Phi) is 4.20. The van der Waals surface area contributed by atoms with Crippen LogP contribution in [0.4, 0.5) is 0 Å². The van der Waals surface area contributed by atoms with E-state index in [1.807, 2.05) is 23.9 Å². The molecule has 0 fully saturated rings. The van der Waals surface area contributed by atoms with Crippen molar-refractivity contribution >= 4 is 0 Å². The maximum absolute atomic E-state index is 5.30. The lowest BCUT2D eigenvalue weighted by Crippen LogP contribution is -2.17. The second-order valence-electron chi connectivity index (χ2n) is 4.87. The highest BCUT2D eigenvalue weighted by Crippen LogP contribution is 2.16. The molecule has 4 nitrogen and oxygen atoms in total. The monoisotopic (exact) mass is 247 g/mol. The molecule has 0 amide bonds. The second kappa shape index (κ2) is 5.87. The fourth-order valence-electron chi connectivity index (χ4n) is 2.07. The summed E-state index contributed by atoms with van der Waals surface area (Å²) in [6.07, 6.45) is 4.73. The van der Waals surface area contributed by atoms with E-state index in [1.54, 1.807) is 6.26 Å². The van der Waals surface area contributed by atoms with Crippen molar-refractivity contribution in [3.63, 3.8) is 0 Å². The van der Waals surface area contributed by atoms with E-state index in [9.17, 15) is 0 Å². The van der Waals surface area contributed by atoms with Crippen LogP contribution in [0.3, 0.4) is 0 Å². The first-order chi connectivity index (χ1) is 8.66. The molecule has 0 aromatic carbocycles. The molecule has 2 rings (SSSR count). The summed E-state index contributed by atoms with van der Waals surface area (Å²) in [5, 5.41) is 7.93. The minimum Gasteiger partial charge on any atom is -0.469 e. The number of hydrogen-bond acceptors (Lipinski definition) is 3. The van der Waals surface area contributed by atoms with E-state index in [0.29, 0.717) is 5.92 Å². The van der Waals surface area contributed by atoms with Crippen LogP contribution in [0.25, 0.3) is 0 Å². The van der Waals surface area contributed by atoms with Gasteiger partial charge in [0.05, 0.1) is 12.0 Å². The summed E-state index contributed by atoms with van der Waals surface area (Å²) in [6, 6.07) is 3.93. The molecule has 0 atom stereocenters. The Morgan fingerprint density at radius 2 is 2.28 bits per heavy atom. The van der Waals surface area contributed by atoms with Gasteiger partial charge in [-0.3, -0.25) is 4.68 Å². The average Bonchev–Trinajstić information content (AvgIpc) is 2.93. The third-order valence-electron chi connectivity index (χ3n) is 2.93. The molecule has 2 aromatic rings. The molecule has 0 aliphatic carbocycles. The molecule has 0 saturated carbocycles. The number of nitrogens with zero attached hydrogens (tertiary/aromatic N) is 2. The van der Waals surface area contributed by atoms with Crippen LogP contribution in [0.2, 0.25) is 0 Å². The SMILES string of the molecule is CC(C)c1nn(C)cc1CNCCc1ccco1. The van der Waals surface area contributed by atoms with Gasteiger partial charge in [0.15, 0.2) is 0 Å². The van der Waals surface area contributed by atoms with Crippen molar-refractivity contribution < 1.29 is 4.42 Å². The van der Waals surface area contributed by atoms with Gasteiger partial charge in [-0.25, -0.2) is 0 Å². The van der Waals surface area contributed by atoms with E-state index in [2.05, 4.69) is 30.5 Å². The van der Waals surface area contributed by atoms with Crippen LogP contribution >= 0.6 is 0 Å². The Morgan fingerprint density at radius 1 is 1.44 bits per heavy atom. The highest BCUT2D eigenvalue weighted by molar-refractivity contribution is 5.19. The lowest BCUT2D eigenvalue weighted by molar-refractivity contribution is 0.498. The average molecular weight is 247 g/mol. The third kappa shape index (κ3) is 3.23. The van der Waals surface area contributed by atoms with Gasteiger partial charge in [0.1, 0.15) is 5.76 Å². The van der Waals surface area contributed by atoms with Gasteiger partial charge in [0, 0.05) is 38.3 Å². The summed E-state index contributed by atoms with van der Waals surface area (Å²) in [4.78, 5) is 0. The van der Waals surface area contributed by atoms with Crippen LogP contribution in [0.1, 0.15) is 36.8 Å². The van der Waals surface area contributed by atoms with Crippen LogP contribution in [0, 0.1) is 0 Å². The van der Waals surface area contributed by atoms with Crippen molar-refractivity contribution in [1.29, 1.82) is 0 Å². The first kappa shape index (κ1) is 12.9. The van der Waals surface area contributed by atoms with Crippen molar-refractivity contribution in [2.75, 3.05) is 6.54 Å². The van der Waals surface area contributed by atoms with Gasteiger partial charge in [-0.15, -0.1) is 0 Å². The van der Waals surface area contributed by atoms with Gasteiger partial charge in [0.25, 0.3) is 0 Å². The largest absolute Gasteiger partial charge is 0.469 e. The zero-order valence-corrected chi connectivity index (χ0v) is 11.3. The quantitative estimate of drug-likeness (QED) is 0.797. The maximum Gasteiger partial charge on any atom is 0.105 e. The van der Waals surface area contributed by atoms with E-state index in [1.165, 1.54) is 11.3 Å². The number of aryl methyl sites for hydroxylation is 1.